The summed E-state index contributed by atoms with van der Waals surface area (Å²) in [5.41, 5.74) is 5.27. The minimum Gasteiger partial charge on any atom is -0.489 e. The quantitative estimate of drug-likeness (QED) is 0.161. The monoisotopic (exact) mass is 406 g/mol. The van der Waals surface area contributed by atoms with E-state index in [9.17, 15) is 0 Å². The molecule has 3 heteroatoms. The van der Waals surface area contributed by atoms with Gasteiger partial charge in [0.25, 0.3) is 0 Å². The van der Waals surface area contributed by atoms with Gasteiger partial charge < -0.3 is 10.1 Å². The number of unbranched alkanes of at least 4 members (excludes halogenated alkanes) is 2. The SMILES string of the molecule is C=C/C(=C\C(C#N)=C/C)COc1cc(CC)c(C)cc1CNCCCC/C=C/CC. The molecule has 30 heavy (non-hydrogen) atoms. The molecule has 0 radical (unpaired) electrons. The van der Waals surface area contributed by atoms with E-state index in [0.29, 0.717) is 12.2 Å². The Morgan fingerprint density at radius 2 is 2.00 bits per heavy atom. The number of allylic oxidation sites excluding steroid dienone is 5. The summed E-state index contributed by atoms with van der Waals surface area (Å²) in [4.78, 5) is 0. The van der Waals surface area contributed by atoms with E-state index in [2.05, 4.69) is 63.0 Å². The summed E-state index contributed by atoms with van der Waals surface area (Å²) in [6.07, 6.45) is 15.5. The highest BCUT2D eigenvalue weighted by molar-refractivity contribution is 5.43. The third kappa shape index (κ3) is 9.29. The predicted molar refractivity (Wildman–Crippen MR) is 129 cm³/mol. The molecular formula is C27H38N2O. The smallest absolute Gasteiger partial charge is 0.124 e. The molecule has 0 aliphatic carbocycles. The molecule has 0 bridgehead atoms. The maximum atomic E-state index is 9.15. The second-order valence-electron chi connectivity index (χ2n) is 7.36. The number of ether oxygens (including phenoxy) is 1. The van der Waals surface area contributed by atoms with Gasteiger partial charge in [0.05, 0.1) is 6.07 Å². The summed E-state index contributed by atoms with van der Waals surface area (Å²) < 4.78 is 6.17. The first-order valence-electron chi connectivity index (χ1n) is 11.1. The van der Waals surface area contributed by atoms with Crippen LogP contribution in [0.15, 0.2) is 60.2 Å². The summed E-state index contributed by atoms with van der Waals surface area (Å²) in [5, 5.41) is 12.7. The zero-order valence-electron chi connectivity index (χ0n) is 19.3. The zero-order chi connectivity index (χ0) is 22.2. The third-order valence-electron chi connectivity index (χ3n) is 5.03. The maximum absolute atomic E-state index is 9.15. The van der Waals surface area contributed by atoms with Crippen LogP contribution in [0.1, 0.15) is 63.1 Å². The van der Waals surface area contributed by atoms with E-state index >= 15 is 0 Å². The summed E-state index contributed by atoms with van der Waals surface area (Å²) >= 11 is 0. The van der Waals surface area contributed by atoms with Crippen molar-refractivity contribution in [2.45, 2.75) is 66.3 Å². The number of nitrogens with one attached hydrogen (secondary N) is 1. The predicted octanol–water partition coefficient (Wildman–Crippen LogP) is 6.74. The number of nitrogens with zero attached hydrogens (tertiary/aromatic N) is 1. The van der Waals surface area contributed by atoms with Gasteiger partial charge in [0.1, 0.15) is 12.4 Å². The van der Waals surface area contributed by atoms with Crippen LogP contribution in [0, 0.1) is 18.3 Å². The van der Waals surface area contributed by atoms with Gasteiger partial charge in [0.2, 0.25) is 0 Å². The van der Waals surface area contributed by atoms with Gasteiger partial charge >= 0.3 is 0 Å². The number of rotatable bonds is 14. The molecule has 0 spiro atoms. The lowest BCUT2D eigenvalue weighted by Crippen LogP contribution is -2.16. The van der Waals surface area contributed by atoms with Crippen molar-refractivity contribution in [1.29, 1.82) is 5.26 Å². The molecule has 3 nitrogen and oxygen atoms in total. The van der Waals surface area contributed by atoms with Crippen molar-refractivity contribution < 1.29 is 4.74 Å². The van der Waals surface area contributed by atoms with Crippen LogP contribution in [0.4, 0.5) is 0 Å². The van der Waals surface area contributed by atoms with Gasteiger partial charge in [-0.05, 0) is 81.3 Å². The van der Waals surface area contributed by atoms with Crippen molar-refractivity contribution in [2.24, 2.45) is 0 Å². The molecule has 0 heterocycles. The highest BCUT2D eigenvalue weighted by atomic mass is 16.5. The minimum atomic E-state index is 0.394. The van der Waals surface area contributed by atoms with Gasteiger partial charge in [-0.1, -0.05) is 50.8 Å². The molecule has 0 aromatic heterocycles. The summed E-state index contributed by atoms with van der Waals surface area (Å²) in [7, 11) is 0. The molecular weight excluding hydrogens is 368 g/mol. The van der Waals surface area contributed by atoms with Crippen molar-refractivity contribution >= 4 is 0 Å². The second kappa shape index (κ2) is 15.3. The van der Waals surface area contributed by atoms with Crippen LogP contribution in [0.25, 0.3) is 0 Å². The van der Waals surface area contributed by atoms with E-state index in [4.69, 9.17) is 10.00 Å². The Morgan fingerprint density at radius 3 is 2.63 bits per heavy atom. The number of nitriles is 1. The Hall–Kier alpha value is -2.57. The summed E-state index contributed by atoms with van der Waals surface area (Å²) in [6, 6.07) is 6.56. The van der Waals surface area contributed by atoms with Gasteiger partial charge in [-0.15, -0.1) is 0 Å². The summed E-state index contributed by atoms with van der Waals surface area (Å²) in [5.74, 6) is 0.905. The number of benzene rings is 1. The molecule has 0 aliphatic rings. The van der Waals surface area contributed by atoms with E-state index in [1.807, 2.05) is 13.0 Å². The van der Waals surface area contributed by atoms with Gasteiger partial charge in [-0.25, -0.2) is 0 Å². The first-order chi connectivity index (χ1) is 14.6. The van der Waals surface area contributed by atoms with Crippen molar-refractivity contribution in [2.75, 3.05) is 13.2 Å². The van der Waals surface area contributed by atoms with Crippen molar-refractivity contribution in [3.8, 4) is 11.8 Å². The first kappa shape index (κ1) is 25.5. The number of hydrogen-bond donors (Lipinski definition) is 1. The lowest BCUT2D eigenvalue weighted by molar-refractivity contribution is 0.350. The fraction of sp³-hybridized carbons (Fsp3) is 0.444. The van der Waals surface area contributed by atoms with Gasteiger partial charge in [-0.3, -0.25) is 0 Å². The molecule has 0 atom stereocenters. The van der Waals surface area contributed by atoms with Crippen LogP contribution >= 0.6 is 0 Å². The average molecular weight is 407 g/mol. The highest BCUT2D eigenvalue weighted by Crippen LogP contribution is 2.25. The maximum Gasteiger partial charge on any atom is 0.124 e. The van der Waals surface area contributed by atoms with Crippen LogP contribution < -0.4 is 10.1 Å². The molecule has 0 saturated carbocycles. The van der Waals surface area contributed by atoms with Gasteiger partial charge in [-0.2, -0.15) is 5.26 Å². The fourth-order valence-electron chi connectivity index (χ4n) is 3.16. The van der Waals surface area contributed by atoms with Crippen molar-refractivity contribution in [3.63, 3.8) is 0 Å². The molecule has 1 N–H and O–H groups in total. The molecule has 0 amide bonds. The van der Waals surface area contributed by atoms with E-state index in [-0.39, 0.29) is 0 Å². The molecule has 1 aromatic carbocycles. The Bertz CT molecular complexity index is 794. The van der Waals surface area contributed by atoms with Gasteiger partial charge in [0.15, 0.2) is 0 Å². The molecule has 0 fully saturated rings. The van der Waals surface area contributed by atoms with E-state index in [1.165, 1.54) is 29.5 Å². The second-order valence-corrected chi connectivity index (χ2v) is 7.36. The Morgan fingerprint density at radius 1 is 1.20 bits per heavy atom. The van der Waals surface area contributed by atoms with E-state index in [0.717, 1.165) is 43.7 Å². The summed E-state index contributed by atoms with van der Waals surface area (Å²) in [6.45, 7) is 14.4. The number of hydrogen-bond acceptors (Lipinski definition) is 3. The van der Waals surface area contributed by atoms with Crippen LogP contribution in [-0.2, 0) is 13.0 Å². The molecule has 162 valence electrons. The molecule has 1 rings (SSSR count). The fourth-order valence-corrected chi connectivity index (χ4v) is 3.16. The molecule has 0 unspecified atom stereocenters. The lowest BCUT2D eigenvalue weighted by Gasteiger charge is -2.16. The molecule has 0 aliphatic heterocycles. The van der Waals surface area contributed by atoms with Crippen LogP contribution in [0.5, 0.6) is 5.75 Å². The van der Waals surface area contributed by atoms with Crippen molar-refractivity contribution in [3.05, 3.63) is 76.9 Å². The largest absolute Gasteiger partial charge is 0.489 e. The first-order valence-corrected chi connectivity index (χ1v) is 11.1. The van der Waals surface area contributed by atoms with Gasteiger partial charge in [0, 0.05) is 17.7 Å². The Labute approximate surface area is 183 Å². The van der Waals surface area contributed by atoms with Crippen LogP contribution in [0.3, 0.4) is 0 Å². The third-order valence-corrected chi connectivity index (χ3v) is 5.03. The average Bonchev–Trinajstić information content (AvgIpc) is 2.76. The Balaban J connectivity index is 2.78. The lowest BCUT2D eigenvalue weighted by atomic mass is 10.0. The zero-order valence-corrected chi connectivity index (χ0v) is 19.3. The minimum absolute atomic E-state index is 0.394. The number of aryl methyl sites for hydroxylation is 2. The van der Waals surface area contributed by atoms with Crippen molar-refractivity contribution in [1.82, 2.24) is 5.32 Å². The van der Waals surface area contributed by atoms with E-state index in [1.54, 1.807) is 12.2 Å². The molecule has 0 saturated heterocycles. The standard InChI is InChI=1S/C27H38N2O/c1-6-10-11-12-13-14-15-29-20-26-16-22(5)25(9-4)18-27(26)30-21-24(8-3)17-23(7-2)19-28/h7-8,10-11,16-18,29H,3,6,9,12-15,20-21H2,1-2,4-5H3/b11-10+,23-7+,24-17+. The van der Waals surface area contributed by atoms with E-state index < -0.39 is 0 Å². The van der Waals surface area contributed by atoms with Crippen LogP contribution in [-0.4, -0.2) is 13.2 Å². The van der Waals surface area contributed by atoms with Crippen LogP contribution in [0.2, 0.25) is 0 Å². The normalized spacial score (nSPS) is 12.2. The highest BCUT2D eigenvalue weighted by Gasteiger charge is 2.09. The topological polar surface area (TPSA) is 45.0 Å². The molecule has 1 aromatic rings. The Kier molecular flexibility index (Phi) is 13.0.